The fourth-order valence-electron chi connectivity index (χ4n) is 2.63. The van der Waals surface area contributed by atoms with Crippen LogP contribution in [-0.4, -0.2) is 36.5 Å². The number of ether oxygens (including phenoxy) is 2. The average molecular weight is 485 g/mol. The Balaban J connectivity index is 1.77. The van der Waals surface area contributed by atoms with E-state index in [0.29, 0.717) is 41.8 Å². The minimum Gasteiger partial charge on any atom is -0.490 e. The predicted molar refractivity (Wildman–Crippen MR) is 124 cm³/mol. The standard InChI is InChI=1S/C22H20N4O5S2/c1-3-30-19-12-16(9-10-18(19)31-14-15-7-5-4-6-8-15)11-17(13-23)20(27)24-21-25-22(26-32-21)33(2,28)29/h4-12H,3,14H2,1-2H3,(H,24,25,26,27). The average Bonchev–Trinajstić information content (AvgIpc) is 3.27. The zero-order chi connectivity index (χ0) is 23.8. The van der Waals surface area contributed by atoms with Crippen molar-refractivity contribution >= 4 is 38.5 Å². The van der Waals surface area contributed by atoms with Crippen molar-refractivity contribution in [3.05, 3.63) is 65.2 Å². The molecular formula is C22H20N4O5S2. The molecule has 0 bridgehead atoms. The Labute approximate surface area is 195 Å². The molecule has 0 saturated heterocycles. The van der Waals surface area contributed by atoms with E-state index < -0.39 is 20.9 Å². The fraction of sp³-hybridized carbons (Fsp3) is 0.182. The first-order chi connectivity index (χ1) is 15.8. The molecule has 0 atom stereocenters. The third kappa shape index (κ3) is 6.61. The summed E-state index contributed by atoms with van der Waals surface area (Å²) in [5.74, 6) is 0.265. The van der Waals surface area contributed by atoms with Gasteiger partial charge in [-0.25, -0.2) is 8.42 Å². The number of nitrogens with zero attached hydrogens (tertiary/aromatic N) is 3. The fourth-order valence-corrected chi connectivity index (χ4v) is 4.07. The molecule has 2 aromatic carbocycles. The summed E-state index contributed by atoms with van der Waals surface area (Å²) in [5.41, 5.74) is 1.35. The van der Waals surface area contributed by atoms with E-state index in [1.165, 1.54) is 6.08 Å². The number of benzene rings is 2. The molecule has 0 fully saturated rings. The third-order valence-corrected chi connectivity index (χ3v) is 5.73. The lowest BCUT2D eigenvalue weighted by molar-refractivity contribution is -0.112. The molecule has 1 aromatic heterocycles. The number of amides is 1. The molecule has 11 heteroatoms. The molecule has 1 amide bonds. The van der Waals surface area contributed by atoms with Crippen LogP contribution in [0.5, 0.6) is 11.5 Å². The molecule has 0 radical (unpaired) electrons. The number of nitriles is 1. The molecule has 0 aliphatic carbocycles. The lowest BCUT2D eigenvalue weighted by Crippen LogP contribution is -2.13. The zero-order valence-electron chi connectivity index (χ0n) is 17.8. The highest BCUT2D eigenvalue weighted by atomic mass is 32.2. The summed E-state index contributed by atoms with van der Waals surface area (Å²) in [6.07, 6.45) is 2.35. The van der Waals surface area contributed by atoms with Crippen LogP contribution in [0.2, 0.25) is 0 Å². The normalized spacial score (nSPS) is 11.5. The Bertz CT molecular complexity index is 1310. The summed E-state index contributed by atoms with van der Waals surface area (Å²) < 4.78 is 38.2. The highest BCUT2D eigenvalue weighted by Gasteiger charge is 2.17. The summed E-state index contributed by atoms with van der Waals surface area (Å²) in [7, 11) is -3.60. The first-order valence-corrected chi connectivity index (χ1v) is 12.4. The number of nitrogens with one attached hydrogen (secondary N) is 1. The van der Waals surface area contributed by atoms with Crippen LogP contribution in [0.15, 0.2) is 59.3 Å². The SMILES string of the molecule is CCOc1cc(C=C(C#N)C(=O)Nc2nc(S(C)(=O)=O)ns2)ccc1OCc1ccccc1. The Morgan fingerprint density at radius 1 is 1.18 bits per heavy atom. The molecule has 0 aliphatic rings. The molecule has 3 aromatic rings. The number of carbonyl (C=O) groups excluding carboxylic acids is 1. The summed E-state index contributed by atoms with van der Waals surface area (Å²) >= 11 is 0.708. The van der Waals surface area contributed by atoms with Crippen molar-refractivity contribution in [2.24, 2.45) is 0 Å². The van der Waals surface area contributed by atoms with Crippen molar-refractivity contribution < 1.29 is 22.7 Å². The second-order valence-electron chi connectivity index (χ2n) is 6.69. The Hall–Kier alpha value is -3.75. The van der Waals surface area contributed by atoms with E-state index in [-0.39, 0.29) is 10.7 Å². The summed E-state index contributed by atoms with van der Waals surface area (Å²) in [6, 6.07) is 16.6. The van der Waals surface area contributed by atoms with E-state index in [9.17, 15) is 18.5 Å². The monoisotopic (exact) mass is 484 g/mol. The van der Waals surface area contributed by atoms with Gasteiger partial charge in [-0.05, 0) is 36.3 Å². The van der Waals surface area contributed by atoms with E-state index in [1.54, 1.807) is 18.2 Å². The molecule has 9 nitrogen and oxygen atoms in total. The second-order valence-corrected chi connectivity index (χ2v) is 9.35. The maximum atomic E-state index is 12.5. The van der Waals surface area contributed by atoms with Gasteiger partial charge in [0.1, 0.15) is 18.2 Å². The van der Waals surface area contributed by atoms with Gasteiger partial charge in [0.05, 0.1) is 6.61 Å². The van der Waals surface area contributed by atoms with Gasteiger partial charge < -0.3 is 9.47 Å². The highest BCUT2D eigenvalue weighted by Crippen LogP contribution is 2.30. The van der Waals surface area contributed by atoms with Gasteiger partial charge in [0.25, 0.3) is 11.1 Å². The quantitative estimate of drug-likeness (QED) is 0.361. The van der Waals surface area contributed by atoms with Gasteiger partial charge in [-0.2, -0.15) is 14.6 Å². The molecule has 0 unspecified atom stereocenters. The van der Waals surface area contributed by atoms with Gasteiger partial charge in [0.15, 0.2) is 11.5 Å². The summed E-state index contributed by atoms with van der Waals surface area (Å²) in [5, 5.41) is 11.4. The van der Waals surface area contributed by atoms with E-state index >= 15 is 0 Å². The number of hydrogen-bond donors (Lipinski definition) is 1. The maximum absolute atomic E-state index is 12.5. The van der Waals surface area contributed by atoms with Crippen LogP contribution in [0, 0.1) is 11.3 Å². The number of aromatic nitrogens is 2. The predicted octanol–water partition coefficient (Wildman–Crippen LogP) is 3.46. The van der Waals surface area contributed by atoms with Crippen LogP contribution in [0.25, 0.3) is 6.08 Å². The topological polar surface area (TPSA) is 131 Å². The van der Waals surface area contributed by atoms with Gasteiger partial charge in [-0.3, -0.25) is 10.1 Å². The van der Waals surface area contributed by atoms with Crippen LogP contribution >= 0.6 is 11.5 Å². The largest absolute Gasteiger partial charge is 0.490 e. The number of hydrogen-bond acceptors (Lipinski definition) is 9. The third-order valence-electron chi connectivity index (χ3n) is 4.14. The number of sulfone groups is 1. The van der Waals surface area contributed by atoms with Gasteiger partial charge in [0.2, 0.25) is 15.0 Å². The molecule has 1 N–H and O–H groups in total. The number of anilines is 1. The van der Waals surface area contributed by atoms with Crippen molar-refractivity contribution in [3.63, 3.8) is 0 Å². The Kier molecular flexibility index (Phi) is 7.76. The van der Waals surface area contributed by atoms with E-state index in [1.807, 2.05) is 43.3 Å². The van der Waals surface area contributed by atoms with Crippen molar-refractivity contribution in [2.45, 2.75) is 18.7 Å². The molecule has 0 saturated carbocycles. The van der Waals surface area contributed by atoms with E-state index in [0.717, 1.165) is 11.8 Å². The minimum atomic E-state index is -3.60. The van der Waals surface area contributed by atoms with E-state index in [4.69, 9.17) is 9.47 Å². The second kappa shape index (κ2) is 10.7. The molecule has 170 valence electrons. The number of rotatable bonds is 9. The highest BCUT2D eigenvalue weighted by molar-refractivity contribution is 7.90. The van der Waals surface area contributed by atoms with Crippen molar-refractivity contribution in [3.8, 4) is 17.6 Å². The minimum absolute atomic E-state index is 0.0266. The molecule has 3 rings (SSSR count). The molecule has 0 spiro atoms. The van der Waals surface area contributed by atoms with Crippen molar-refractivity contribution in [1.82, 2.24) is 9.36 Å². The van der Waals surface area contributed by atoms with Crippen LogP contribution in [0.1, 0.15) is 18.1 Å². The Morgan fingerprint density at radius 3 is 2.58 bits per heavy atom. The van der Waals surface area contributed by atoms with E-state index in [2.05, 4.69) is 14.7 Å². The van der Waals surface area contributed by atoms with Gasteiger partial charge >= 0.3 is 0 Å². The maximum Gasteiger partial charge on any atom is 0.268 e. The van der Waals surface area contributed by atoms with Crippen molar-refractivity contribution in [1.29, 1.82) is 5.26 Å². The molecule has 1 heterocycles. The lowest BCUT2D eigenvalue weighted by atomic mass is 10.1. The van der Waals surface area contributed by atoms with Crippen LogP contribution in [-0.2, 0) is 21.2 Å². The molecular weight excluding hydrogens is 464 g/mol. The first-order valence-electron chi connectivity index (χ1n) is 9.70. The van der Waals surface area contributed by atoms with Crippen LogP contribution < -0.4 is 14.8 Å². The summed E-state index contributed by atoms with van der Waals surface area (Å²) in [4.78, 5) is 16.2. The molecule has 33 heavy (non-hydrogen) atoms. The van der Waals surface area contributed by atoms with Gasteiger partial charge in [-0.15, -0.1) is 0 Å². The Morgan fingerprint density at radius 2 is 1.94 bits per heavy atom. The smallest absolute Gasteiger partial charge is 0.268 e. The molecule has 0 aliphatic heterocycles. The number of carbonyl (C=O) groups is 1. The van der Waals surface area contributed by atoms with Crippen LogP contribution in [0.4, 0.5) is 5.13 Å². The van der Waals surface area contributed by atoms with Crippen LogP contribution in [0.3, 0.4) is 0 Å². The van der Waals surface area contributed by atoms with Gasteiger partial charge in [-0.1, -0.05) is 36.4 Å². The summed E-state index contributed by atoms with van der Waals surface area (Å²) in [6.45, 7) is 2.60. The van der Waals surface area contributed by atoms with Crippen molar-refractivity contribution in [2.75, 3.05) is 18.2 Å². The first kappa shape index (κ1) is 23.9. The lowest BCUT2D eigenvalue weighted by Gasteiger charge is -2.13. The van der Waals surface area contributed by atoms with Gasteiger partial charge in [0, 0.05) is 17.8 Å². The zero-order valence-corrected chi connectivity index (χ0v) is 19.4.